The monoisotopic (exact) mass is 192 g/mol. The zero-order valence-electron chi connectivity index (χ0n) is 9.16. The summed E-state index contributed by atoms with van der Waals surface area (Å²) in [5.74, 6) is 0.962. The van der Waals surface area contributed by atoms with E-state index in [1.54, 1.807) is 0 Å². The Morgan fingerprint density at radius 3 is 2.86 bits per heavy atom. The van der Waals surface area contributed by atoms with Gasteiger partial charge in [0.05, 0.1) is 0 Å². The number of hydrogen-bond donors (Lipinski definition) is 1. The minimum Gasteiger partial charge on any atom is -0.357 e. The molecular weight excluding hydrogens is 172 g/mol. The highest BCUT2D eigenvalue weighted by molar-refractivity contribution is 5.09. The number of aromatic nitrogens is 1. The molecule has 1 fully saturated rings. The third-order valence-corrected chi connectivity index (χ3v) is 3.09. The van der Waals surface area contributed by atoms with E-state index >= 15 is 0 Å². The lowest BCUT2D eigenvalue weighted by atomic mass is 10.1. The third kappa shape index (κ3) is 2.38. The lowest BCUT2D eigenvalue weighted by molar-refractivity contribution is 0.449. The van der Waals surface area contributed by atoms with Crippen LogP contribution in [0.2, 0.25) is 0 Å². The van der Waals surface area contributed by atoms with Gasteiger partial charge in [-0.2, -0.15) is 0 Å². The number of aryl methyl sites for hydroxylation is 1. The van der Waals surface area contributed by atoms with E-state index in [0.29, 0.717) is 0 Å². The number of nitrogens with one attached hydrogen (secondary N) is 1. The quantitative estimate of drug-likeness (QED) is 0.757. The van der Waals surface area contributed by atoms with Crippen LogP contribution in [-0.4, -0.2) is 10.6 Å². The van der Waals surface area contributed by atoms with Crippen molar-refractivity contribution in [1.29, 1.82) is 0 Å². The summed E-state index contributed by atoms with van der Waals surface area (Å²) in [4.78, 5) is 0. The highest BCUT2D eigenvalue weighted by atomic mass is 14.9. The molecule has 1 aromatic heterocycles. The third-order valence-electron chi connectivity index (χ3n) is 3.09. The molecule has 2 heteroatoms. The van der Waals surface area contributed by atoms with E-state index in [-0.39, 0.29) is 0 Å². The van der Waals surface area contributed by atoms with Crippen molar-refractivity contribution in [1.82, 2.24) is 9.88 Å². The van der Waals surface area contributed by atoms with Gasteiger partial charge in [0.1, 0.15) is 0 Å². The van der Waals surface area contributed by atoms with Gasteiger partial charge in [-0.15, -0.1) is 0 Å². The Morgan fingerprint density at radius 1 is 1.57 bits per heavy atom. The van der Waals surface area contributed by atoms with E-state index in [4.69, 9.17) is 0 Å². The molecule has 0 amide bonds. The van der Waals surface area contributed by atoms with Gasteiger partial charge >= 0.3 is 0 Å². The molecule has 78 valence electrons. The van der Waals surface area contributed by atoms with Crippen molar-refractivity contribution in [2.75, 3.05) is 0 Å². The van der Waals surface area contributed by atoms with Gasteiger partial charge in [0, 0.05) is 32.0 Å². The smallest absolute Gasteiger partial charge is 0.0223 e. The molecule has 1 saturated carbocycles. The van der Waals surface area contributed by atoms with Gasteiger partial charge in [-0.25, -0.2) is 0 Å². The molecule has 1 atom stereocenters. The summed E-state index contributed by atoms with van der Waals surface area (Å²) < 4.78 is 2.11. The fourth-order valence-electron chi connectivity index (χ4n) is 2.06. The predicted molar refractivity (Wildman–Crippen MR) is 59.1 cm³/mol. The Kier molecular flexibility index (Phi) is 2.92. The molecule has 0 aromatic carbocycles. The molecule has 1 N–H and O–H groups in total. The van der Waals surface area contributed by atoms with Crippen LogP contribution in [0.3, 0.4) is 0 Å². The van der Waals surface area contributed by atoms with Gasteiger partial charge in [0.2, 0.25) is 0 Å². The number of nitrogens with zero attached hydrogens (tertiary/aromatic N) is 1. The van der Waals surface area contributed by atoms with Crippen molar-refractivity contribution >= 4 is 0 Å². The predicted octanol–water partition coefficient (Wildman–Crippen LogP) is 2.30. The molecule has 2 rings (SSSR count). The fourth-order valence-corrected chi connectivity index (χ4v) is 2.06. The van der Waals surface area contributed by atoms with E-state index in [0.717, 1.165) is 18.5 Å². The van der Waals surface area contributed by atoms with E-state index in [2.05, 4.69) is 42.3 Å². The van der Waals surface area contributed by atoms with Crippen LogP contribution in [0.5, 0.6) is 0 Å². The zero-order valence-corrected chi connectivity index (χ0v) is 9.16. The summed E-state index contributed by atoms with van der Waals surface area (Å²) in [5.41, 5.74) is 1.40. The Morgan fingerprint density at radius 2 is 2.36 bits per heavy atom. The molecule has 0 bridgehead atoms. The molecular formula is C12H20N2. The maximum Gasteiger partial charge on any atom is 0.0223 e. The molecule has 1 unspecified atom stereocenters. The Hall–Kier alpha value is -0.760. The molecule has 1 aliphatic rings. The van der Waals surface area contributed by atoms with Crippen molar-refractivity contribution in [3.63, 3.8) is 0 Å². The molecule has 0 radical (unpaired) electrons. The topological polar surface area (TPSA) is 17.0 Å². The largest absolute Gasteiger partial charge is 0.357 e. The van der Waals surface area contributed by atoms with E-state index < -0.39 is 0 Å². The molecule has 0 aliphatic heterocycles. The molecule has 1 aliphatic carbocycles. The van der Waals surface area contributed by atoms with Crippen LogP contribution < -0.4 is 5.32 Å². The van der Waals surface area contributed by atoms with Crippen LogP contribution >= 0.6 is 0 Å². The summed E-state index contributed by atoms with van der Waals surface area (Å²) >= 11 is 0. The Labute approximate surface area is 86.3 Å². The van der Waals surface area contributed by atoms with Crippen molar-refractivity contribution in [2.24, 2.45) is 13.0 Å². The second kappa shape index (κ2) is 4.18. The van der Waals surface area contributed by atoms with Crippen LogP contribution in [0.25, 0.3) is 0 Å². The van der Waals surface area contributed by atoms with Crippen LogP contribution in [0.4, 0.5) is 0 Å². The summed E-state index contributed by atoms with van der Waals surface area (Å²) in [7, 11) is 2.07. The average molecular weight is 192 g/mol. The van der Waals surface area contributed by atoms with Crippen molar-refractivity contribution in [3.8, 4) is 0 Å². The van der Waals surface area contributed by atoms with Gasteiger partial charge in [0.25, 0.3) is 0 Å². The van der Waals surface area contributed by atoms with Gasteiger partial charge < -0.3 is 9.88 Å². The van der Waals surface area contributed by atoms with Crippen LogP contribution in [-0.2, 0) is 13.6 Å². The van der Waals surface area contributed by atoms with E-state index in [9.17, 15) is 0 Å². The molecule has 0 spiro atoms. The lowest BCUT2D eigenvalue weighted by Gasteiger charge is -2.15. The summed E-state index contributed by atoms with van der Waals surface area (Å²) in [6.45, 7) is 3.30. The fraction of sp³-hybridized carbons (Fsp3) is 0.667. The van der Waals surface area contributed by atoms with Crippen molar-refractivity contribution in [2.45, 2.75) is 38.8 Å². The normalized spacial score (nSPS) is 18.4. The Bertz CT molecular complexity index is 286. The first-order chi connectivity index (χ1) is 6.79. The summed E-state index contributed by atoms with van der Waals surface area (Å²) in [5, 5.41) is 3.65. The van der Waals surface area contributed by atoms with E-state index in [1.807, 2.05) is 0 Å². The minimum absolute atomic E-state index is 0.746. The second-order valence-electron chi connectivity index (χ2n) is 4.42. The van der Waals surface area contributed by atoms with Crippen LogP contribution in [0, 0.1) is 5.92 Å². The van der Waals surface area contributed by atoms with Crippen molar-refractivity contribution < 1.29 is 0 Å². The first-order valence-corrected chi connectivity index (χ1v) is 5.64. The summed E-state index contributed by atoms with van der Waals surface area (Å²) in [6.07, 6.45) is 8.42. The molecule has 2 nitrogen and oxygen atoms in total. The highest BCUT2D eigenvalue weighted by Gasteiger charge is 2.29. The first kappa shape index (κ1) is 9.78. The van der Waals surface area contributed by atoms with Gasteiger partial charge in [-0.1, -0.05) is 6.92 Å². The van der Waals surface area contributed by atoms with Gasteiger partial charge in [-0.05, 0) is 36.8 Å². The lowest BCUT2D eigenvalue weighted by Crippen LogP contribution is -2.29. The maximum atomic E-state index is 3.65. The standard InChI is InChI=1S/C12H20N2/c1-3-12(11-4-5-11)13-8-10-6-7-14(2)9-10/h6-7,9,11-13H,3-5,8H2,1-2H3. The summed E-state index contributed by atoms with van der Waals surface area (Å²) in [6, 6.07) is 2.93. The van der Waals surface area contributed by atoms with Crippen LogP contribution in [0.1, 0.15) is 31.7 Å². The molecule has 1 aromatic rings. The first-order valence-electron chi connectivity index (χ1n) is 5.64. The molecule has 1 heterocycles. The van der Waals surface area contributed by atoms with E-state index in [1.165, 1.54) is 24.8 Å². The van der Waals surface area contributed by atoms with Crippen molar-refractivity contribution in [3.05, 3.63) is 24.0 Å². The number of hydrogen-bond acceptors (Lipinski definition) is 1. The Balaban J connectivity index is 1.80. The number of rotatable bonds is 5. The molecule has 0 saturated heterocycles. The minimum atomic E-state index is 0.746. The average Bonchev–Trinajstić information content (AvgIpc) is 2.92. The second-order valence-corrected chi connectivity index (χ2v) is 4.42. The molecule has 14 heavy (non-hydrogen) atoms. The zero-order chi connectivity index (χ0) is 9.97. The highest BCUT2D eigenvalue weighted by Crippen LogP contribution is 2.33. The van der Waals surface area contributed by atoms with Crippen LogP contribution in [0.15, 0.2) is 18.5 Å². The van der Waals surface area contributed by atoms with Gasteiger partial charge in [0.15, 0.2) is 0 Å². The SMILES string of the molecule is CCC(NCc1ccn(C)c1)C1CC1. The van der Waals surface area contributed by atoms with Gasteiger partial charge in [-0.3, -0.25) is 0 Å². The maximum absolute atomic E-state index is 3.65.